The van der Waals surface area contributed by atoms with E-state index in [1.54, 1.807) is 7.11 Å². The monoisotopic (exact) mass is 244 g/mol. The summed E-state index contributed by atoms with van der Waals surface area (Å²) in [6.45, 7) is 8.15. The third-order valence-electron chi connectivity index (χ3n) is 3.49. The number of aliphatic hydroxyl groups excluding tert-OH is 1. The fraction of sp³-hybridized carbons (Fsp3) is 1.00. The number of rotatable bonds is 8. The number of hydrogen-bond donors (Lipinski definition) is 2. The second kappa shape index (κ2) is 8.86. The minimum absolute atomic E-state index is 0.163. The standard InChI is InChI=1S/C13H28N2O2/c1-12(16)3-7-15-8-4-13(5-9-15)11-14-6-10-17-2/h12-14,16H,3-11H2,1-2H3. The molecule has 0 aromatic heterocycles. The SMILES string of the molecule is COCCNCC1CCN(CCC(C)O)CC1. The average molecular weight is 244 g/mol. The van der Waals surface area contributed by atoms with E-state index in [0.717, 1.165) is 38.6 Å². The van der Waals surface area contributed by atoms with Gasteiger partial charge in [0.15, 0.2) is 0 Å². The van der Waals surface area contributed by atoms with Crippen molar-refractivity contribution in [1.82, 2.24) is 10.2 Å². The smallest absolute Gasteiger partial charge is 0.0587 e. The number of hydrogen-bond acceptors (Lipinski definition) is 4. The van der Waals surface area contributed by atoms with E-state index in [-0.39, 0.29) is 6.10 Å². The first-order chi connectivity index (χ1) is 8.22. The van der Waals surface area contributed by atoms with Crippen molar-refractivity contribution in [2.75, 3.05) is 46.4 Å². The van der Waals surface area contributed by atoms with Crippen molar-refractivity contribution < 1.29 is 9.84 Å². The number of likely N-dealkylation sites (tertiary alicyclic amines) is 1. The second-order valence-corrected chi connectivity index (χ2v) is 5.12. The molecule has 0 aromatic carbocycles. The molecule has 0 aliphatic carbocycles. The van der Waals surface area contributed by atoms with Crippen LogP contribution in [0.1, 0.15) is 26.2 Å². The van der Waals surface area contributed by atoms with Crippen LogP contribution in [0.3, 0.4) is 0 Å². The zero-order valence-corrected chi connectivity index (χ0v) is 11.3. The lowest BCUT2D eigenvalue weighted by molar-refractivity contribution is 0.131. The summed E-state index contributed by atoms with van der Waals surface area (Å²) in [5, 5.41) is 12.7. The molecule has 102 valence electrons. The van der Waals surface area contributed by atoms with Crippen LogP contribution in [-0.4, -0.2) is 62.6 Å². The Balaban J connectivity index is 2.01. The molecule has 1 aliphatic rings. The Hall–Kier alpha value is -0.160. The van der Waals surface area contributed by atoms with Crippen LogP contribution in [0.5, 0.6) is 0 Å². The maximum Gasteiger partial charge on any atom is 0.0587 e. The van der Waals surface area contributed by atoms with Crippen LogP contribution in [0.4, 0.5) is 0 Å². The fourth-order valence-corrected chi connectivity index (χ4v) is 2.26. The average Bonchev–Trinajstić information content (AvgIpc) is 2.33. The number of nitrogens with one attached hydrogen (secondary N) is 1. The van der Waals surface area contributed by atoms with Crippen LogP contribution in [-0.2, 0) is 4.74 Å². The first kappa shape index (κ1) is 14.9. The number of ether oxygens (including phenoxy) is 1. The summed E-state index contributed by atoms with van der Waals surface area (Å²) in [5.41, 5.74) is 0. The van der Waals surface area contributed by atoms with Crippen LogP contribution >= 0.6 is 0 Å². The molecule has 1 rings (SSSR count). The molecule has 1 saturated heterocycles. The Morgan fingerprint density at radius 1 is 1.41 bits per heavy atom. The van der Waals surface area contributed by atoms with Gasteiger partial charge in [0.25, 0.3) is 0 Å². The molecule has 1 unspecified atom stereocenters. The zero-order valence-electron chi connectivity index (χ0n) is 11.3. The molecule has 0 bridgehead atoms. The molecule has 4 nitrogen and oxygen atoms in total. The predicted molar refractivity (Wildman–Crippen MR) is 70.2 cm³/mol. The zero-order chi connectivity index (χ0) is 12.5. The highest BCUT2D eigenvalue weighted by atomic mass is 16.5. The van der Waals surface area contributed by atoms with Gasteiger partial charge in [-0.15, -0.1) is 0 Å². The molecule has 1 aliphatic heterocycles. The molecular formula is C13H28N2O2. The Kier molecular flexibility index (Phi) is 7.77. The molecule has 4 heteroatoms. The van der Waals surface area contributed by atoms with E-state index in [2.05, 4.69) is 10.2 Å². The summed E-state index contributed by atoms with van der Waals surface area (Å²) in [7, 11) is 1.74. The largest absolute Gasteiger partial charge is 0.393 e. The summed E-state index contributed by atoms with van der Waals surface area (Å²) in [5.74, 6) is 0.814. The summed E-state index contributed by atoms with van der Waals surface area (Å²) in [4.78, 5) is 2.47. The Morgan fingerprint density at radius 2 is 2.12 bits per heavy atom. The predicted octanol–water partition coefficient (Wildman–Crippen LogP) is 0.705. The number of aliphatic hydroxyl groups is 1. The van der Waals surface area contributed by atoms with Crippen molar-refractivity contribution in [3.63, 3.8) is 0 Å². The van der Waals surface area contributed by atoms with E-state index in [1.807, 2.05) is 6.92 Å². The van der Waals surface area contributed by atoms with E-state index in [1.165, 1.54) is 25.9 Å². The van der Waals surface area contributed by atoms with Crippen molar-refractivity contribution in [1.29, 1.82) is 0 Å². The molecule has 1 atom stereocenters. The molecule has 0 saturated carbocycles. The molecule has 17 heavy (non-hydrogen) atoms. The molecule has 0 aromatic rings. The van der Waals surface area contributed by atoms with Gasteiger partial charge < -0.3 is 20.1 Å². The van der Waals surface area contributed by atoms with Gasteiger partial charge in [0, 0.05) is 20.2 Å². The van der Waals surface area contributed by atoms with Crippen LogP contribution in [0.2, 0.25) is 0 Å². The van der Waals surface area contributed by atoms with Gasteiger partial charge in [-0.1, -0.05) is 0 Å². The van der Waals surface area contributed by atoms with Gasteiger partial charge in [-0.3, -0.25) is 0 Å². The third-order valence-corrected chi connectivity index (χ3v) is 3.49. The van der Waals surface area contributed by atoms with E-state index in [4.69, 9.17) is 4.74 Å². The van der Waals surface area contributed by atoms with E-state index < -0.39 is 0 Å². The summed E-state index contributed by atoms with van der Waals surface area (Å²) >= 11 is 0. The van der Waals surface area contributed by atoms with E-state index in [0.29, 0.717) is 0 Å². The van der Waals surface area contributed by atoms with Crippen molar-refractivity contribution in [3.05, 3.63) is 0 Å². The Bertz CT molecular complexity index is 180. The normalized spacial score (nSPS) is 20.6. The summed E-state index contributed by atoms with van der Waals surface area (Å²) < 4.78 is 5.01. The molecule has 0 radical (unpaired) electrons. The molecule has 2 N–H and O–H groups in total. The second-order valence-electron chi connectivity index (χ2n) is 5.12. The first-order valence-electron chi connectivity index (χ1n) is 6.82. The van der Waals surface area contributed by atoms with Gasteiger partial charge >= 0.3 is 0 Å². The van der Waals surface area contributed by atoms with Gasteiger partial charge in [-0.2, -0.15) is 0 Å². The lowest BCUT2D eigenvalue weighted by atomic mass is 9.96. The first-order valence-corrected chi connectivity index (χ1v) is 6.82. The number of piperidine rings is 1. The van der Waals surface area contributed by atoms with E-state index in [9.17, 15) is 5.11 Å². The van der Waals surface area contributed by atoms with Crippen LogP contribution in [0.15, 0.2) is 0 Å². The van der Waals surface area contributed by atoms with Crippen molar-refractivity contribution >= 4 is 0 Å². The Labute approximate surface area is 105 Å². The molecule has 0 spiro atoms. The lowest BCUT2D eigenvalue weighted by Crippen LogP contribution is -2.38. The van der Waals surface area contributed by atoms with Gasteiger partial charge in [0.2, 0.25) is 0 Å². The van der Waals surface area contributed by atoms with Crippen molar-refractivity contribution in [2.24, 2.45) is 5.92 Å². The summed E-state index contributed by atoms with van der Waals surface area (Å²) in [6, 6.07) is 0. The number of methoxy groups -OCH3 is 1. The van der Waals surface area contributed by atoms with Crippen molar-refractivity contribution in [2.45, 2.75) is 32.3 Å². The minimum atomic E-state index is -0.163. The van der Waals surface area contributed by atoms with Crippen LogP contribution < -0.4 is 5.32 Å². The highest BCUT2D eigenvalue weighted by Gasteiger charge is 2.18. The topological polar surface area (TPSA) is 44.7 Å². The van der Waals surface area contributed by atoms with Crippen LogP contribution in [0.25, 0.3) is 0 Å². The van der Waals surface area contributed by atoms with E-state index >= 15 is 0 Å². The molecule has 0 amide bonds. The fourth-order valence-electron chi connectivity index (χ4n) is 2.26. The van der Waals surface area contributed by atoms with Gasteiger partial charge in [-0.25, -0.2) is 0 Å². The van der Waals surface area contributed by atoms with Gasteiger partial charge in [-0.05, 0) is 51.7 Å². The maximum atomic E-state index is 9.25. The Morgan fingerprint density at radius 3 is 2.71 bits per heavy atom. The summed E-state index contributed by atoms with van der Waals surface area (Å²) in [6.07, 6.45) is 3.29. The highest BCUT2D eigenvalue weighted by Crippen LogP contribution is 2.16. The quantitative estimate of drug-likeness (QED) is 0.617. The van der Waals surface area contributed by atoms with Crippen LogP contribution in [0, 0.1) is 5.92 Å². The minimum Gasteiger partial charge on any atom is -0.393 e. The van der Waals surface area contributed by atoms with Gasteiger partial charge in [0.05, 0.1) is 12.7 Å². The number of nitrogens with zero attached hydrogens (tertiary/aromatic N) is 1. The van der Waals surface area contributed by atoms with Gasteiger partial charge in [0.1, 0.15) is 0 Å². The molecular weight excluding hydrogens is 216 g/mol. The highest BCUT2D eigenvalue weighted by molar-refractivity contribution is 4.74. The molecule has 1 fully saturated rings. The maximum absolute atomic E-state index is 9.25. The van der Waals surface area contributed by atoms with Crippen molar-refractivity contribution in [3.8, 4) is 0 Å². The molecule has 1 heterocycles. The third kappa shape index (κ3) is 6.99. The lowest BCUT2D eigenvalue weighted by Gasteiger charge is -2.32.